The van der Waals surface area contributed by atoms with Gasteiger partial charge in [0, 0.05) is 21.2 Å². The highest BCUT2D eigenvalue weighted by Gasteiger charge is 2.51. The minimum atomic E-state index is -4.62. The van der Waals surface area contributed by atoms with Crippen LogP contribution in [0.15, 0.2) is 60.7 Å². The summed E-state index contributed by atoms with van der Waals surface area (Å²) < 4.78 is 51.8. The molecule has 0 saturated heterocycles. The molecule has 2 aliphatic rings. The van der Waals surface area contributed by atoms with E-state index in [2.05, 4.69) is 10.6 Å². The molecule has 2 amide bonds. The Bertz CT molecular complexity index is 1340. The van der Waals surface area contributed by atoms with Gasteiger partial charge in [-0.15, -0.1) is 0 Å². The van der Waals surface area contributed by atoms with Crippen LogP contribution < -0.4 is 20.1 Å². The number of nitrogens with one attached hydrogen (secondary N) is 2. The largest absolute Gasteiger partial charge is 0.454 e. The summed E-state index contributed by atoms with van der Waals surface area (Å²) in [5, 5.41) is 5.19. The van der Waals surface area contributed by atoms with Crippen LogP contribution in [0.25, 0.3) is 11.1 Å². The van der Waals surface area contributed by atoms with E-state index in [9.17, 15) is 22.8 Å². The minimum absolute atomic E-state index is 0. The van der Waals surface area contributed by atoms with Crippen molar-refractivity contribution >= 4 is 17.5 Å². The molecule has 0 spiro atoms. The van der Waals surface area contributed by atoms with Crippen molar-refractivity contribution < 1.29 is 35.1 Å². The fourth-order valence-corrected chi connectivity index (χ4v) is 4.23. The molecule has 0 unspecified atom stereocenters. The molecule has 0 atom stereocenters. The summed E-state index contributed by atoms with van der Waals surface area (Å²) in [6.45, 7) is 0.103. The van der Waals surface area contributed by atoms with Gasteiger partial charge in [-0.3, -0.25) is 9.59 Å². The van der Waals surface area contributed by atoms with E-state index >= 15 is 0 Å². The number of rotatable bonds is 5. The summed E-state index contributed by atoms with van der Waals surface area (Å²) in [7, 11) is 1.47. The van der Waals surface area contributed by atoms with E-state index in [1.165, 1.54) is 19.2 Å². The molecule has 1 fully saturated rings. The zero-order valence-corrected chi connectivity index (χ0v) is 18.7. The Kier molecular flexibility index (Phi) is 5.42. The van der Waals surface area contributed by atoms with Crippen molar-refractivity contribution in [1.29, 1.82) is 0 Å². The zero-order chi connectivity index (χ0) is 24.8. The number of carbonyl (C=O) groups excluding carboxylic acids is 2. The third-order valence-corrected chi connectivity index (χ3v) is 6.31. The maximum absolute atomic E-state index is 13.7. The topological polar surface area (TPSA) is 76.7 Å². The van der Waals surface area contributed by atoms with Gasteiger partial charge in [-0.2, -0.15) is 13.2 Å². The van der Waals surface area contributed by atoms with E-state index in [0.717, 1.165) is 17.7 Å². The van der Waals surface area contributed by atoms with E-state index in [4.69, 9.17) is 9.47 Å². The van der Waals surface area contributed by atoms with Crippen molar-refractivity contribution in [2.45, 2.75) is 24.4 Å². The predicted octanol–water partition coefficient (Wildman–Crippen LogP) is 5.62. The molecular formula is C26H25F3N2O4. The van der Waals surface area contributed by atoms with E-state index < -0.39 is 17.2 Å². The van der Waals surface area contributed by atoms with Crippen molar-refractivity contribution in [2.24, 2.45) is 0 Å². The van der Waals surface area contributed by atoms with Crippen LogP contribution in [0.3, 0.4) is 0 Å². The molecule has 1 aliphatic carbocycles. The number of anilines is 1. The SMILES string of the molecule is CNC(=O)c1cccc(-c2cc(NC(=O)C3(c4ccc5c(c4)OCO5)CC3)cc(C(F)(F)F)c2)c1.[HH].[HH]. The quantitative estimate of drug-likeness (QED) is 0.491. The zero-order valence-electron chi connectivity index (χ0n) is 18.7. The molecule has 0 bridgehead atoms. The third kappa shape index (κ3) is 4.29. The monoisotopic (exact) mass is 486 g/mol. The molecule has 184 valence electrons. The van der Waals surface area contributed by atoms with Crippen LogP contribution in [0.1, 0.15) is 37.2 Å². The second-order valence-electron chi connectivity index (χ2n) is 8.56. The van der Waals surface area contributed by atoms with E-state index in [1.807, 2.05) is 0 Å². The summed E-state index contributed by atoms with van der Waals surface area (Å²) in [5.74, 6) is 0.387. The summed E-state index contributed by atoms with van der Waals surface area (Å²) in [6, 6.07) is 14.9. The molecule has 0 aromatic heterocycles. The van der Waals surface area contributed by atoms with Crippen molar-refractivity contribution in [3.05, 3.63) is 77.4 Å². The van der Waals surface area contributed by atoms with E-state index in [0.29, 0.717) is 35.5 Å². The fraction of sp³-hybridized carbons (Fsp3) is 0.231. The molecule has 3 aromatic carbocycles. The maximum Gasteiger partial charge on any atom is 0.416 e. The van der Waals surface area contributed by atoms with Crippen LogP contribution in [0, 0.1) is 0 Å². The first kappa shape index (κ1) is 22.8. The number of alkyl halides is 3. The molecule has 1 aliphatic heterocycles. The molecular weight excluding hydrogens is 461 g/mol. The number of hydrogen-bond acceptors (Lipinski definition) is 4. The number of halogens is 3. The summed E-state index contributed by atoms with van der Waals surface area (Å²) >= 11 is 0. The molecule has 35 heavy (non-hydrogen) atoms. The molecule has 0 radical (unpaired) electrons. The van der Waals surface area contributed by atoms with Crippen LogP contribution in [0.5, 0.6) is 11.5 Å². The maximum atomic E-state index is 13.7. The molecule has 5 rings (SSSR count). The highest BCUT2D eigenvalue weighted by atomic mass is 19.4. The molecule has 1 saturated carbocycles. The summed E-state index contributed by atoms with van der Waals surface area (Å²) in [4.78, 5) is 25.3. The third-order valence-electron chi connectivity index (χ3n) is 6.31. The smallest absolute Gasteiger partial charge is 0.416 e. The van der Waals surface area contributed by atoms with Crippen molar-refractivity contribution in [3.8, 4) is 22.6 Å². The first-order valence-corrected chi connectivity index (χ1v) is 11.0. The molecule has 2 N–H and O–H groups in total. The Morgan fingerprint density at radius 1 is 0.943 bits per heavy atom. The highest BCUT2D eigenvalue weighted by Crippen LogP contribution is 2.51. The number of carbonyl (C=O) groups is 2. The second-order valence-corrected chi connectivity index (χ2v) is 8.56. The standard InChI is InChI=1S/C26H21F3N2O4.2H2/c1-30-23(32)16-4-2-3-15(9-16)17-10-19(26(27,28)29)12-20(11-17)31-24(33)25(7-8-25)18-5-6-21-22(13-18)35-14-34-21;;/h2-6,9-13H,7-8,14H2,1H3,(H,30,32)(H,31,33);2*1H. The Morgan fingerprint density at radius 3 is 2.43 bits per heavy atom. The molecule has 9 heteroatoms. The van der Waals surface area contributed by atoms with Gasteiger partial charge >= 0.3 is 6.18 Å². The highest BCUT2D eigenvalue weighted by molar-refractivity contribution is 6.02. The average Bonchev–Trinajstić information content (AvgIpc) is 3.53. The second kappa shape index (κ2) is 8.33. The Balaban J connectivity index is 0.00000190. The minimum Gasteiger partial charge on any atom is -0.454 e. The lowest BCUT2D eigenvalue weighted by molar-refractivity contribution is -0.137. The van der Waals surface area contributed by atoms with Gasteiger partial charge in [-0.05, 0) is 72.0 Å². The first-order valence-electron chi connectivity index (χ1n) is 11.0. The number of benzene rings is 3. The summed E-state index contributed by atoms with van der Waals surface area (Å²) in [5.41, 5.74) is -0.0224. The van der Waals surface area contributed by atoms with Gasteiger partial charge in [0.25, 0.3) is 5.91 Å². The fourth-order valence-electron chi connectivity index (χ4n) is 4.23. The van der Waals surface area contributed by atoms with Crippen molar-refractivity contribution in [2.75, 3.05) is 19.2 Å². The van der Waals surface area contributed by atoms with Crippen LogP contribution in [0.4, 0.5) is 18.9 Å². The van der Waals surface area contributed by atoms with Crippen LogP contribution in [0.2, 0.25) is 0 Å². The normalized spacial score (nSPS) is 15.4. The molecule has 6 nitrogen and oxygen atoms in total. The predicted molar refractivity (Wildman–Crippen MR) is 127 cm³/mol. The number of hydrogen-bond donors (Lipinski definition) is 2. The van der Waals surface area contributed by atoms with Gasteiger partial charge in [0.05, 0.1) is 11.0 Å². The lowest BCUT2D eigenvalue weighted by Gasteiger charge is -2.18. The van der Waals surface area contributed by atoms with Crippen LogP contribution in [-0.4, -0.2) is 25.7 Å². The van der Waals surface area contributed by atoms with Gasteiger partial charge in [0.1, 0.15) is 0 Å². The van der Waals surface area contributed by atoms with Crippen molar-refractivity contribution in [3.63, 3.8) is 0 Å². The van der Waals surface area contributed by atoms with Gasteiger partial charge in [-0.1, -0.05) is 18.2 Å². The van der Waals surface area contributed by atoms with Gasteiger partial charge in [0.2, 0.25) is 12.7 Å². The Morgan fingerprint density at radius 2 is 1.71 bits per heavy atom. The van der Waals surface area contributed by atoms with Gasteiger partial charge in [-0.25, -0.2) is 0 Å². The van der Waals surface area contributed by atoms with E-state index in [-0.39, 0.29) is 32.7 Å². The lowest BCUT2D eigenvalue weighted by atomic mass is 9.94. The number of amides is 2. The Hall–Kier alpha value is -4.01. The molecule has 3 aromatic rings. The summed E-state index contributed by atoms with van der Waals surface area (Å²) in [6.07, 6.45) is -3.49. The Labute approximate surface area is 202 Å². The molecule has 1 heterocycles. The first-order chi connectivity index (χ1) is 16.7. The van der Waals surface area contributed by atoms with Crippen LogP contribution in [-0.2, 0) is 16.4 Å². The van der Waals surface area contributed by atoms with Crippen molar-refractivity contribution in [1.82, 2.24) is 5.32 Å². The number of fused-ring (bicyclic) bond motifs is 1. The lowest BCUT2D eigenvalue weighted by Crippen LogP contribution is -2.28. The van der Waals surface area contributed by atoms with Gasteiger partial charge in [0.15, 0.2) is 11.5 Å². The van der Waals surface area contributed by atoms with Crippen LogP contribution >= 0.6 is 0 Å². The van der Waals surface area contributed by atoms with E-state index in [1.54, 1.807) is 36.4 Å². The number of ether oxygens (including phenoxy) is 2. The average molecular weight is 486 g/mol. The van der Waals surface area contributed by atoms with Gasteiger partial charge < -0.3 is 20.1 Å².